The lowest BCUT2D eigenvalue weighted by atomic mass is 9.87. The van der Waals surface area contributed by atoms with Crippen molar-refractivity contribution >= 4 is 17.7 Å². The average Bonchev–Trinajstić information content (AvgIpc) is 2.24. The van der Waals surface area contributed by atoms with Gasteiger partial charge in [0.1, 0.15) is 5.82 Å². The molecule has 0 spiro atoms. The summed E-state index contributed by atoms with van der Waals surface area (Å²) in [5.41, 5.74) is 0.198. The number of aliphatic carboxylic acids is 1. The Morgan fingerprint density at radius 1 is 1.33 bits per heavy atom. The fourth-order valence-electron chi connectivity index (χ4n) is 2.04. The van der Waals surface area contributed by atoms with Crippen molar-refractivity contribution in [3.05, 3.63) is 30.1 Å². The molecule has 0 saturated carbocycles. The Labute approximate surface area is 123 Å². The van der Waals surface area contributed by atoms with Crippen LogP contribution in [0, 0.1) is 11.2 Å². The van der Waals surface area contributed by atoms with Gasteiger partial charge in [0.05, 0.1) is 6.42 Å². The third kappa shape index (κ3) is 7.29. The molecule has 0 aromatic heterocycles. The molecule has 0 aliphatic rings. The number of amides is 2. The Morgan fingerprint density at radius 3 is 2.52 bits per heavy atom. The lowest BCUT2D eigenvalue weighted by molar-refractivity contribution is -0.137. The number of hydrogen-bond acceptors (Lipinski definition) is 2. The van der Waals surface area contributed by atoms with Gasteiger partial charge in [-0.05, 0) is 30.0 Å². The summed E-state index contributed by atoms with van der Waals surface area (Å²) in [7, 11) is 0. The number of benzene rings is 1. The van der Waals surface area contributed by atoms with Gasteiger partial charge in [-0.3, -0.25) is 4.79 Å². The molecule has 3 N–H and O–H groups in total. The van der Waals surface area contributed by atoms with Crippen LogP contribution < -0.4 is 10.6 Å². The number of carbonyl (C=O) groups is 2. The second-order valence-electron chi connectivity index (χ2n) is 6.17. The molecule has 0 bridgehead atoms. The molecule has 1 atom stereocenters. The van der Waals surface area contributed by atoms with Crippen molar-refractivity contribution in [1.82, 2.24) is 5.32 Å². The van der Waals surface area contributed by atoms with E-state index in [1.807, 2.05) is 20.8 Å². The van der Waals surface area contributed by atoms with E-state index in [4.69, 9.17) is 5.11 Å². The predicted molar refractivity (Wildman–Crippen MR) is 78.7 cm³/mol. The van der Waals surface area contributed by atoms with Crippen molar-refractivity contribution in [1.29, 1.82) is 0 Å². The molecule has 21 heavy (non-hydrogen) atoms. The highest BCUT2D eigenvalue weighted by Gasteiger charge is 2.22. The molecule has 116 valence electrons. The van der Waals surface area contributed by atoms with Gasteiger partial charge in [-0.15, -0.1) is 0 Å². The fraction of sp³-hybridized carbons (Fsp3) is 0.467. The first-order valence-electron chi connectivity index (χ1n) is 6.70. The van der Waals surface area contributed by atoms with E-state index in [9.17, 15) is 14.0 Å². The molecule has 0 saturated heterocycles. The van der Waals surface area contributed by atoms with Crippen LogP contribution in [0.1, 0.15) is 33.6 Å². The molecule has 1 rings (SSSR count). The number of nitrogens with one attached hydrogen (secondary N) is 2. The minimum Gasteiger partial charge on any atom is -0.481 e. The first-order chi connectivity index (χ1) is 9.65. The Morgan fingerprint density at radius 2 is 2.00 bits per heavy atom. The van der Waals surface area contributed by atoms with Crippen molar-refractivity contribution in [2.75, 3.05) is 5.32 Å². The van der Waals surface area contributed by atoms with Gasteiger partial charge in [0.25, 0.3) is 0 Å². The van der Waals surface area contributed by atoms with Crippen LogP contribution in [-0.2, 0) is 4.79 Å². The predicted octanol–water partition coefficient (Wildman–Crippen LogP) is 3.23. The minimum absolute atomic E-state index is 0.119. The molecular formula is C15H21FN2O3. The van der Waals surface area contributed by atoms with E-state index in [1.165, 1.54) is 18.2 Å². The monoisotopic (exact) mass is 296 g/mol. The number of anilines is 1. The van der Waals surface area contributed by atoms with Crippen LogP contribution in [0.2, 0.25) is 0 Å². The van der Waals surface area contributed by atoms with Crippen molar-refractivity contribution in [2.24, 2.45) is 5.41 Å². The summed E-state index contributed by atoms with van der Waals surface area (Å²) in [6.45, 7) is 5.90. The Hall–Kier alpha value is -2.11. The maximum atomic E-state index is 13.0. The molecule has 5 nitrogen and oxygen atoms in total. The van der Waals surface area contributed by atoms with Crippen LogP contribution >= 0.6 is 0 Å². The van der Waals surface area contributed by atoms with Crippen molar-refractivity contribution < 1.29 is 19.1 Å². The van der Waals surface area contributed by atoms with E-state index >= 15 is 0 Å². The smallest absolute Gasteiger partial charge is 0.319 e. The second-order valence-corrected chi connectivity index (χ2v) is 6.17. The maximum Gasteiger partial charge on any atom is 0.319 e. The van der Waals surface area contributed by atoms with Crippen LogP contribution in [-0.4, -0.2) is 23.1 Å². The van der Waals surface area contributed by atoms with Crippen LogP contribution in [0.5, 0.6) is 0 Å². The topological polar surface area (TPSA) is 78.4 Å². The summed E-state index contributed by atoms with van der Waals surface area (Å²) in [4.78, 5) is 22.7. The molecule has 0 fully saturated rings. The minimum atomic E-state index is -0.977. The fourth-order valence-corrected chi connectivity index (χ4v) is 2.04. The molecule has 0 heterocycles. The number of hydrogen-bond donors (Lipinski definition) is 3. The molecule has 0 aliphatic carbocycles. The first-order valence-corrected chi connectivity index (χ1v) is 6.70. The van der Waals surface area contributed by atoms with Crippen LogP contribution in [0.4, 0.5) is 14.9 Å². The summed E-state index contributed by atoms with van der Waals surface area (Å²) in [6, 6.07) is 4.46. The van der Waals surface area contributed by atoms with E-state index in [2.05, 4.69) is 10.6 Å². The number of carbonyl (C=O) groups excluding carboxylic acids is 1. The Kier molecular flexibility index (Phi) is 5.69. The molecule has 1 unspecified atom stereocenters. The Bertz CT molecular complexity index is 512. The van der Waals surface area contributed by atoms with Gasteiger partial charge in [0.15, 0.2) is 0 Å². The van der Waals surface area contributed by atoms with Gasteiger partial charge < -0.3 is 15.7 Å². The lowest BCUT2D eigenvalue weighted by Gasteiger charge is -2.25. The third-order valence-electron chi connectivity index (χ3n) is 2.70. The highest BCUT2D eigenvalue weighted by molar-refractivity contribution is 5.89. The first kappa shape index (κ1) is 16.9. The number of rotatable bonds is 5. The highest BCUT2D eigenvalue weighted by atomic mass is 19.1. The number of carboxylic acids is 1. The average molecular weight is 296 g/mol. The normalized spacial score (nSPS) is 12.6. The van der Waals surface area contributed by atoms with E-state index in [0.29, 0.717) is 12.1 Å². The standard InChI is InChI=1S/C15H21FN2O3/c1-15(2,3)9-12(8-13(19)20)18-14(21)17-11-6-4-5-10(16)7-11/h4-7,12H,8-9H2,1-3H3,(H,19,20)(H2,17,18,21). The van der Waals surface area contributed by atoms with Gasteiger partial charge >= 0.3 is 12.0 Å². The zero-order valence-electron chi connectivity index (χ0n) is 12.4. The van der Waals surface area contributed by atoms with Gasteiger partial charge in [-0.1, -0.05) is 26.8 Å². The molecule has 0 radical (unpaired) electrons. The number of urea groups is 1. The third-order valence-corrected chi connectivity index (χ3v) is 2.70. The zero-order chi connectivity index (χ0) is 16.0. The maximum absolute atomic E-state index is 13.0. The number of halogens is 1. The number of carboxylic acid groups (broad SMARTS) is 1. The van der Waals surface area contributed by atoms with Crippen LogP contribution in [0.15, 0.2) is 24.3 Å². The van der Waals surface area contributed by atoms with Gasteiger partial charge in [0.2, 0.25) is 0 Å². The molecule has 1 aromatic rings. The van der Waals surface area contributed by atoms with E-state index in [0.717, 1.165) is 0 Å². The molecule has 0 aliphatic heterocycles. The van der Waals surface area contributed by atoms with E-state index in [1.54, 1.807) is 6.07 Å². The Balaban J connectivity index is 2.65. The summed E-state index contributed by atoms with van der Waals surface area (Å²) < 4.78 is 13.0. The van der Waals surface area contributed by atoms with Gasteiger partial charge in [-0.25, -0.2) is 9.18 Å². The van der Waals surface area contributed by atoms with E-state index < -0.39 is 23.9 Å². The summed E-state index contributed by atoms with van der Waals surface area (Å²) in [5.74, 6) is -1.43. The van der Waals surface area contributed by atoms with Crippen molar-refractivity contribution in [3.8, 4) is 0 Å². The molecule has 2 amide bonds. The van der Waals surface area contributed by atoms with Crippen LogP contribution in [0.3, 0.4) is 0 Å². The molecular weight excluding hydrogens is 275 g/mol. The summed E-state index contributed by atoms with van der Waals surface area (Å²) in [5, 5.41) is 14.0. The highest BCUT2D eigenvalue weighted by Crippen LogP contribution is 2.22. The van der Waals surface area contributed by atoms with Gasteiger partial charge in [0, 0.05) is 11.7 Å². The zero-order valence-corrected chi connectivity index (χ0v) is 12.4. The van der Waals surface area contributed by atoms with Crippen molar-refractivity contribution in [3.63, 3.8) is 0 Å². The molecule has 1 aromatic carbocycles. The lowest BCUT2D eigenvalue weighted by Crippen LogP contribution is -2.41. The summed E-state index contributed by atoms with van der Waals surface area (Å²) in [6.07, 6.45) is 0.365. The molecule has 6 heteroatoms. The van der Waals surface area contributed by atoms with Crippen molar-refractivity contribution in [2.45, 2.75) is 39.7 Å². The second kappa shape index (κ2) is 7.06. The SMILES string of the molecule is CC(C)(C)CC(CC(=O)O)NC(=O)Nc1cccc(F)c1. The summed E-state index contributed by atoms with van der Waals surface area (Å²) >= 11 is 0. The van der Waals surface area contributed by atoms with Gasteiger partial charge in [-0.2, -0.15) is 0 Å². The van der Waals surface area contributed by atoms with E-state index in [-0.39, 0.29) is 11.8 Å². The van der Waals surface area contributed by atoms with Crippen LogP contribution in [0.25, 0.3) is 0 Å². The largest absolute Gasteiger partial charge is 0.481 e. The quantitative estimate of drug-likeness (QED) is 0.780.